The summed E-state index contributed by atoms with van der Waals surface area (Å²) in [7, 11) is 0. The molecule has 0 aliphatic carbocycles. The quantitative estimate of drug-likeness (QED) is 0.394. The molecule has 1 atom stereocenters. The Morgan fingerprint density at radius 2 is 1.71 bits per heavy atom. The zero-order chi connectivity index (χ0) is 19.3. The second-order valence-corrected chi connectivity index (χ2v) is 8.10. The smallest absolute Gasteiger partial charge is 0.183 e. The summed E-state index contributed by atoms with van der Waals surface area (Å²) in [6.07, 6.45) is 6.54. The fourth-order valence-corrected chi connectivity index (χ4v) is 4.40. The first-order chi connectivity index (χ1) is 13.7. The van der Waals surface area contributed by atoms with Crippen LogP contribution < -0.4 is 5.32 Å². The van der Waals surface area contributed by atoms with Crippen LogP contribution in [0.2, 0.25) is 5.02 Å². The van der Waals surface area contributed by atoms with Crippen molar-refractivity contribution < 1.29 is 0 Å². The van der Waals surface area contributed by atoms with E-state index < -0.39 is 0 Å². The van der Waals surface area contributed by atoms with Crippen molar-refractivity contribution in [2.24, 2.45) is 0 Å². The Hall–Kier alpha value is -2.69. The van der Waals surface area contributed by atoms with Crippen molar-refractivity contribution in [3.63, 3.8) is 0 Å². The number of nitrogens with one attached hydrogen (secondary N) is 1. The van der Waals surface area contributed by atoms with Gasteiger partial charge in [-0.2, -0.15) is 0 Å². The molecular formula is C23H20ClN3S. The Labute approximate surface area is 174 Å². The van der Waals surface area contributed by atoms with E-state index in [1.807, 2.05) is 48.8 Å². The highest BCUT2D eigenvalue weighted by Crippen LogP contribution is 2.38. The van der Waals surface area contributed by atoms with Crippen LogP contribution in [0.5, 0.6) is 0 Å². The molecule has 0 unspecified atom stereocenters. The Kier molecular flexibility index (Phi) is 5.70. The molecule has 5 heteroatoms. The molecule has 0 spiro atoms. The van der Waals surface area contributed by atoms with Crippen molar-refractivity contribution >= 4 is 28.1 Å². The lowest BCUT2D eigenvalue weighted by Gasteiger charge is -2.12. The van der Waals surface area contributed by atoms with E-state index in [0.717, 1.165) is 38.1 Å². The fourth-order valence-electron chi connectivity index (χ4n) is 3.20. The van der Waals surface area contributed by atoms with Crippen LogP contribution in [0.4, 0.5) is 5.13 Å². The summed E-state index contributed by atoms with van der Waals surface area (Å²) in [5.41, 5.74) is 4.40. The van der Waals surface area contributed by atoms with Gasteiger partial charge in [-0.3, -0.25) is 4.98 Å². The van der Waals surface area contributed by atoms with E-state index >= 15 is 0 Å². The lowest BCUT2D eigenvalue weighted by atomic mass is 10.0. The minimum Gasteiger partial charge on any atom is -0.359 e. The lowest BCUT2D eigenvalue weighted by molar-refractivity contribution is 0.789. The summed E-state index contributed by atoms with van der Waals surface area (Å²) in [5, 5.41) is 5.15. The molecule has 28 heavy (non-hydrogen) atoms. The zero-order valence-corrected chi connectivity index (χ0v) is 17.0. The SMILES string of the molecule is C[C@@H](Cc1ccccc1)Nc1ncc(-c2ccncc2-c2ccccc2Cl)s1. The summed E-state index contributed by atoms with van der Waals surface area (Å²) in [6.45, 7) is 2.18. The molecule has 2 heterocycles. The van der Waals surface area contributed by atoms with Crippen molar-refractivity contribution in [2.75, 3.05) is 5.32 Å². The first kappa shape index (κ1) is 18.7. The van der Waals surface area contributed by atoms with Crippen LogP contribution in [0.1, 0.15) is 12.5 Å². The van der Waals surface area contributed by atoms with Gasteiger partial charge in [0.25, 0.3) is 0 Å². The van der Waals surface area contributed by atoms with Crippen LogP contribution in [-0.4, -0.2) is 16.0 Å². The second kappa shape index (κ2) is 8.55. The van der Waals surface area contributed by atoms with E-state index in [9.17, 15) is 0 Å². The molecule has 0 aliphatic heterocycles. The maximum atomic E-state index is 6.42. The molecule has 4 aromatic rings. The number of halogens is 1. The van der Waals surface area contributed by atoms with Crippen molar-refractivity contribution in [2.45, 2.75) is 19.4 Å². The summed E-state index contributed by atoms with van der Waals surface area (Å²) >= 11 is 8.06. The molecule has 1 N–H and O–H groups in total. The Bertz CT molecular complexity index is 1060. The Morgan fingerprint density at radius 1 is 0.929 bits per heavy atom. The van der Waals surface area contributed by atoms with Crippen LogP contribution in [0, 0.1) is 0 Å². The zero-order valence-electron chi connectivity index (χ0n) is 15.5. The molecule has 0 saturated heterocycles. The largest absolute Gasteiger partial charge is 0.359 e. The van der Waals surface area contributed by atoms with Crippen LogP contribution in [-0.2, 0) is 6.42 Å². The van der Waals surface area contributed by atoms with Crippen LogP contribution in [0.25, 0.3) is 21.6 Å². The number of anilines is 1. The third-order valence-electron chi connectivity index (χ3n) is 4.51. The van der Waals surface area contributed by atoms with Crippen LogP contribution in [0.3, 0.4) is 0 Å². The van der Waals surface area contributed by atoms with Gasteiger partial charge in [-0.15, -0.1) is 0 Å². The van der Waals surface area contributed by atoms with Gasteiger partial charge in [-0.1, -0.05) is 71.5 Å². The molecule has 0 radical (unpaired) electrons. The van der Waals surface area contributed by atoms with E-state index in [4.69, 9.17) is 11.6 Å². The first-order valence-electron chi connectivity index (χ1n) is 9.16. The number of benzene rings is 2. The molecule has 2 aromatic carbocycles. The highest BCUT2D eigenvalue weighted by Gasteiger charge is 2.14. The lowest BCUT2D eigenvalue weighted by Crippen LogP contribution is -2.17. The summed E-state index contributed by atoms with van der Waals surface area (Å²) in [5.74, 6) is 0. The van der Waals surface area contributed by atoms with Gasteiger partial charge in [-0.25, -0.2) is 4.98 Å². The molecule has 0 amide bonds. The Morgan fingerprint density at radius 3 is 2.54 bits per heavy atom. The molecule has 0 saturated carbocycles. The number of thiazole rings is 1. The molecule has 0 bridgehead atoms. The maximum Gasteiger partial charge on any atom is 0.183 e. The first-order valence-corrected chi connectivity index (χ1v) is 10.4. The average Bonchev–Trinajstić information content (AvgIpc) is 3.17. The molecular weight excluding hydrogens is 386 g/mol. The van der Waals surface area contributed by atoms with E-state index in [0.29, 0.717) is 6.04 Å². The van der Waals surface area contributed by atoms with E-state index in [2.05, 4.69) is 46.5 Å². The van der Waals surface area contributed by atoms with Gasteiger partial charge in [0, 0.05) is 46.3 Å². The number of aromatic nitrogens is 2. The van der Waals surface area contributed by atoms with Crippen molar-refractivity contribution in [1.82, 2.24) is 9.97 Å². The minimum atomic E-state index is 0.293. The van der Waals surface area contributed by atoms with Gasteiger partial charge >= 0.3 is 0 Å². The normalized spacial score (nSPS) is 11.9. The molecule has 140 valence electrons. The average molecular weight is 406 g/mol. The van der Waals surface area contributed by atoms with Crippen molar-refractivity contribution in [3.8, 4) is 21.6 Å². The predicted molar refractivity (Wildman–Crippen MR) is 119 cm³/mol. The monoisotopic (exact) mass is 405 g/mol. The predicted octanol–water partition coefficient (Wildman–Crippen LogP) is 6.57. The summed E-state index contributed by atoms with van der Waals surface area (Å²) in [6, 6.07) is 20.6. The molecule has 0 aliphatic rings. The number of hydrogen-bond donors (Lipinski definition) is 1. The summed E-state index contributed by atoms with van der Waals surface area (Å²) in [4.78, 5) is 9.98. The minimum absolute atomic E-state index is 0.293. The van der Waals surface area contributed by atoms with Gasteiger partial charge in [-0.05, 0) is 31.0 Å². The van der Waals surface area contributed by atoms with Gasteiger partial charge in [0.2, 0.25) is 0 Å². The number of nitrogens with zero attached hydrogens (tertiary/aromatic N) is 2. The molecule has 0 fully saturated rings. The highest BCUT2D eigenvalue weighted by molar-refractivity contribution is 7.18. The standard InChI is InChI=1S/C23H20ClN3S/c1-16(13-17-7-3-2-4-8-17)27-23-26-15-22(28-23)19-11-12-25-14-20(19)18-9-5-6-10-21(18)24/h2-12,14-16H,13H2,1H3,(H,26,27)/t16-/m0/s1. The van der Waals surface area contributed by atoms with Crippen LogP contribution in [0.15, 0.2) is 79.3 Å². The van der Waals surface area contributed by atoms with Crippen molar-refractivity contribution in [1.29, 1.82) is 0 Å². The number of hydrogen-bond acceptors (Lipinski definition) is 4. The van der Waals surface area contributed by atoms with Gasteiger partial charge in [0.05, 0.1) is 4.88 Å². The van der Waals surface area contributed by atoms with E-state index in [-0.39, 0.29) is 0 Å². The molecule has 3 nitrogen and oxygen atoms in total. The van der Waals surface area contributed by atoms with E-state index in [1.54, 1.807) is 17.5 Å². The number of rotatable bonds is 6. The molecule has 4 rings (SSSR count). The molecule has 2 aromatic heterocycles. The maximum absolute atomic E-state index is 6.42. The topological polar surface area (TPSA) is 37.8 Å². The Balaban J connectivity index is 1.56. The highest BCUT2D eigenvalue weighted by atomic mass is 35.5. The van der Waals surface area contributed by atoms with Gasteiger partial charge < -0.3 is 5.32 Å². The van der Waals surface area contributed by atoms with Crippen LogP contribution >= 0.6 is 22.9 Å². The third kappa shape index (κ3) is 4.24. The summed E-state index contributed by atoms with van der Waals surface area (Å²) < 4.78 is 0. The third-order valence-corrected chi connectivity index (χ3v) is 5.80. The van der Waals surface area contributed by atoms with Crippen molar-refractivity contribution in [3.05, 3.63) is 89.8 Å². The van der Waals surface area contributed by atoms with E-state index in [1.165, 1.54) is 5.56 Å². The van der Waals surface area contributed by atoms with Gasteiger partial charge in [0.1, 0.15) is 0 Å². The fraction of sp³-hybridized carbons (Fsp3) is 0.130. The second-order valence-electron chi connectivity index (χ2n) is 6.67. The number of pyridine rings is 1. The van der Waals surface area contributed by atoms with Gasteiger partial charge in [0.15, 0.2) is 5.13 Å².